The van der Waals surface area contributed by atoms with Gasteiger partial charge in [-0.2, -0.15) is 0 Å². The van der Waals surface area contributed by atoms with Crippen molar-refractivity contribution in [3.8, 4) is 0 Å². The molecule has 3 nitrogen and oxygen atoms in total. The summed E-state index contributed by atoms with van der Waals surface area (Å²) in [5.74, 6) is -0.528. The van der Waals surface area contributed by atoms with Crippen molar-refractivity contribution < 1.29 is 15.0 Å². The summed E-state index contributed by atoms with van der Waals surface area (Å²) < 4.78 is 0. The molecule has 0 amide bonds. The SMILES string of the molecule is CC(C)C(=O)C(O)C(C)O. The first-order chi connectivity index (χ1) is 4.46. The molecule has 2 N–H and O–H groups in total. The highest BCUT2D eigenvalue weighted by molar-refractivity contribution is 5.85. The van der Waals surface area contributed by atoms with Crippen molar-refractivity contribution in [3.63, 3.8) is 0 Å². The van der Waals surface area contributed by atoms with Gasteiger partial charge in [0.05, 0.1) is 6.10 Å². The topological polar surface area (TPSA) is 57.5 Å². The van der Waals surface area contributed by atoms with Crippen molar-refractivity contribution in [2.75, 3.05) is 0 Å². The van der Waals surface area contributed by atoms with Crippen LogP contribution in [0.15, 0.2) is 0 Å². The zero-order chi connectivity index (χ0) is 8.31. The van der Waals surface area contributed by atoms with Crippen LogP contribution in [-0.2, 0) is 4.79 Å². The van der Waals surface area contributed by atoms with E-state index in [1.807, 2.05) is 0 Å². The van der Waals surface area contributed by atoms with Crippen LogP contribution >= 0.6 is 0 Å². The van der Waals surface area contributed by atoms with Crippen molar-refractivity contribution in [1.29, 1.82) is 0 Å². The van der Waals surface area contributed by atoms with Crippen molar-refractivity contribution in [2.24, 2.45) is 5.92 Å². The fraction of sp³-hybridized carbons (Fsp3) is 0.857. The molecule has 2 unspecified atom stereocenters. The molecule has 60 valence electrons. The van der Waals surface area contributed by atoms with E-state index in [-0.39, 0.29) is 11.7 Å². The van der Waals surface area contributed by atoms with Gasteiger partial charge < -0.3 is 10.2 Å². The zero-order valence-electron chi connectivity index (χ0n) is 6.53. The molecule has 0 aromatic rings. The normalized spacial score (nSPS) is 17.0. The number of aliphatic hydroxyl groups is 2. The van der Waals surface area contributed by atoms with Gasteiger partial charge in [-0.25, -0.2) is 0 Å². The first kappa shape index (κ1) is 9.59. The second-order valence-electron chi connectivity index (χ2n) is 2.74. The Kier molecular flexibility index (Phi) is 3.53. The number of Topliss-reactive ketones (excluding diaryl/α,β-unsaturated/α-hetero) is 1. The summed E-state index contributed by atoms with van der Waals surface area (Å²) in [5, 5.41) is 17.7. The van der Waals surface area contributed by atoms with E-state index in [2.05, 4.69) is 0 Å². The third kappa shape index (κ3) is 2.45. The molecule has 0 radical (unpaired) electrons. The maximum Gasteiger partial charge on any atom is 0.166 e. The fourth-order valence-electron chi connectivity index (χ4n) is 0.579. The van der Waals surface area contributed by atoms with Gasteiger partial charge in [0.2, 0.25) is 0 Å². The molecule has 0 aliphatic rings. The molecule has 0 rings (SSSR count). The smallest absolute Gasteiger partial charge is 0.166 e. The first-order valence-electron chi connectivity index (χ1n) is 3.36. The van der Waals surface area contributed by atoms with Crippen LogP contribution in [0.3, 0.4) is 0 Å². The minimum absolute atomic E-state index is 0.218. The van der Waals surface area contributed by atoms with E-state index in [0.29, 0.717) is 0 Å². The van der Waals surface area contributed by atoms with Gasteiger partial charge in [0.25, 0.3) is 0 Å². The Morgan fingerprint density at radius 3 is 1.70 bits per heavy atom. The summed E-state index contributed by atoms with van der Waals surface area (Å²) in [5.41, 5.74) is 0. The number of hydrogen-bond acceptors (Lipinski definition) is 3. The van der Waals surface area contributed by atoms with E-state index in [1.54, 1.807) is 13.8 Å². The van der Waals surface area contributed by atoms with Crippen LogP contribution in [0.2, 0.25) is 0 Å². The molecular weight excluding hydrogens is 132 g/mol. The summed E-state index contributed by atoms with van der Waals surface area (Å²) in [6.07, 6.45) is -2.19. The van der Waals surface area contributed by atoms with Gasteiger partial charge in [0, 0.05) is 5.92 Å². The number of rotatable bonds is 3. The molecule has 0 heterocycles. The lowest BCUT2D eigenvalue weighted by Gasteiger charge is -2.13. The minimum Gasteiger partial charge on any atom is -0.390 e. The van der Waals surface area contributed by atoms with E-state index in [4.69, 9.17) is 10.2 Å². The summed E-state index contributed by atoms with van der Waals surface area (Å²) >= 11 is 0. The quantitative estimate of drug-likeness (QED) is 0.587. The number of ketones is 1. The van der Waals surface area contributed by atoms with E-state index in [1.165, 1.54) is 6.92 Å². The largest absolute Gasteiger partial charge is 0.390 e. The van der Waals surface area contributed by atoms with Gasteiger partial charge in [0.15, 0.2) is 5.78 Å². The van der Waals surface area contributed by atoms with Crippen LogP contribution in [-0.4, -0.2) is 28.2 Å². The minimum atomic E-state index is -1.22. The van der Waals surface area contributed by atoms with Crippen LogP contribution in [0, 0.1) is 5.92 Å². The van der Waals surface area contributed by atoms with E-state index < -0.39 is 12.2 Å². The van der Waals surface area contributed by atoms with Crippen LogP contribution in [0.4, 0.5) is 0 Å². The maximum atomic E-state index is 10.9. The Bertz CT molecular complexity index is 118. The highest BCUT2D eigenvalue weighted by Crippen LogP contribution is 2.02. The summed E-state index contributed by atoms with van der Waals surface area (Å²) in [4.78, 5) is 10.9. The average Bonchev–Trinajstić information content (AvgIpc) is 1.84. The Morgan fingerprint density at radius 1 is 1.20 bits per heavy atom. The number of carbonyl (C=O) groups is 1. The van der Waals surface area contributed by atoms with E-state index in [9.17, 15) is 4.79 Å². The van der Waals surface area contributed by atoms with Crippen LogP contribution in [0.1, 0.15) is 20.8 Å². The predicted molar refractivity (Wildman–Crippen MR) is 37.5 cm³/mol. The lowest BCUT2D eigenvalue weighted by atomic mass is 10.0. The molecule has 10 heavy (non-hydrogen) atoms. The highest BCUT2D eigenvalue weighted by Gasteiger charge is 2.22. The summed E-state index contributed by atoms with van der Waals surface area (Å²) in [6, 6.07) is 0. The second-order valence-corrected chi connectivity index (χ2v) is 2.74. The number of aliphatic hydroxyl groups excluding tert-OH is 2. The number of hydrogen-bond donors (Lipinski definition) is 2. The molecule has 0 aliphatic heterocycles. The zero-order valence-corrected chi connectivity index (χ0v) is 6.53. The molecule has 0 saturated carbocycles. The van der Waals surface area contributed by atoms with Gasteiger partial charge in [-0.3, -0.25) is 4.79 Å². The van der Waals surface area contributed by atoms with Crippen LogP contribution < -0.4 is 0 Å². The first-order valence-corrected chi connectivity index (χ1v) is 3.36. The van der Waals surface area contributed by atoms with E-state index >= 15 is 0 Å². The Morgan fingerprint density at radius 2 is 1.60 bits per heavy atom. The Hall–Kier alpha value is -0.410. The monoisotopic (exact) mass is 146 g/mol. The molecule has 0 spiro atoms. The third-order valence-electron chi connectivity index (χ3n) is 1.32. The summed E-state index contributed by atoms with van der Waals surface area (Å²) in [7, 11) is 0. The van der Waals surface area contributed by atoms with Crippen LogP contribution in [0.5, 0.6) is 0 Å². The predicted octanol–water partition coefficient (Wildman–Crippen LogP) is -0.0468. The molecule has 0 aromatic carbocycles. The molecular formula is C7H14O3. The van der Waals surface area contributed by atoms with Gasteiger partial charge in [-0.1, -0.05) is 13.8 Å². The molecule has 2 atom stereocenters. The van der Waals surface area contributed by atoms with Gasteiger partial charge >= 0.3 is 0 Å². The van der Waals surface area contributed by atoms with Gasteiger partial charge in [0.1, 0.15) is 6.10 Å². The molecule has 0 bridgehead atoms. The van der Waals surface area contributed by atoms with Crippen molar-refractivity contribution in [1.82, 2.24) is 0 Å². The van der Waals surface area contributed by atoms with Crippen molar-refractivity contribution in [3.05, 3.63) is 0 Å². The van der Waals surface area contributed by atoms with E-state index in [0.717, 1.165) is 0 Å². The lowest BCUT2D eigenvalue weighted by Crippen LogP contribution is -2.34. The second kappa shape index (κ2) is 3.68. The average molecular weight is 146 g/mol. The highest BCUT2D eigenvalue weighted by atomic mass is 16.3. The maximum absolute atomic E-state index is 10.9. The Labute approximate surface area is 60.7 Å². The lowest BCUT2D eigenvalue weighted by molar-refractivity contribution is -0.135. The van der Waals surface area contributed by atoms with Crippen molar-refractivity contribution >= 4 is 5.78 Å². The third-order valence-corrected chi connectivity index (χ3v) is 1.32. The summed E-state index contributed by atoms with van der Waals surface area (Å²) in [6.45, 7) is 4.77. The molecule has 0 aliphatic carbocycles. The van der Waals surface area contributed by atoms with Crippen molar-refractivity contribution in [2.45, 2.75) is 33.0 Å². The number of carbonyl (C=O) groups excluding carboxylic acids is 1. The standard InChI is InChI=1S/C7H14O3/c1-4(2)6(9)7(10)5(3)8/h4-5,7-8,10H,1-3H3. The fourth-order valence-corrected chi connectivity index (χ4v) is 0.579. The van der Waals surface area contributed by atoms with Gasteiger partial charge in [-0.05, 0) is 6.92 Å². The van der Waals surface area contributed by atoms with Gasteiger partial charge in [-0.15, -0.1) is 0 Å². The molecule has 0 aromatic heterocycles. The molecule has 0 fully saturated rings. The molecule has 0 saturated heterocycles. The van der Waals surface area contributed by atoms with Crippen LogP contribution in [0.25, 0.3) is 0 Å². The Balaban J connectivity index is 3.95. The molecule has 3 heteroatoms.